The Balaban J connectivity index is 2.38. The molecule has 1 aromatic carbocycles. The largest absolute Gasteiger partial charge is 0.507 e. The second kappa shape index (κ2) is 5.22. The van der Waals surface area contributed by atoms with Crippen LogP contribution in [0.1, 0.15) is 49.1 Å². The third kappa shape index (κ3) is 2.74. The average Bonchev–Trinajstić information content (AvgIpc) is 2.38. The quantitative estimate of drug-likeness (QED) is 0.753. The molecule has 112 valence electrons. The molecule has 1 N–H and O–H groups in total. The van der Waals surface area contributed by atoms with Crippen molar-refractivity contribution in [2.45, 2.75) is 50.1 Å². The summed E-state index contributed by atoms with van der Waals surface area (Å²) in [7, 11) is 0. The molecule has 0 atom stereocenters. The lowest BCUT2D eigenvalue weighted by Crippen LogP contribution is -2.33. The molecule has 1 saturated carbocycles. The van der Waals surface area contributed by atoms with Gasteiger partial charge >= 0.3 is 12.1 Å². The van der Waals surface area contributed by atoms with Gasteiger partial charge < -0.3 is 5.11 Å². The van der Waals surface area contributed by atoms with Gasteiger partial charge in [-0.3, -0.25) is 0 Å². The van der Waals surface area contributed by atoms with E-state index in [1.165, 1.54) is 6.07 Å². The first-order chi connectivity index (χ1) is 9.23. The van der Waals surface area contributed by atoms with E-state index in [0.29, 0.717) is 5.56 Å². The first kappa shape index (κ1) is 15.1. The lowest BCUT2D eigenvalue weighted by Gasteiger charge is -2.25. The van der Waals surface area contributed by atoms with E-state index in [4.69, 9.17) is 0 Å². The summed E-state index contributed by atoms with van der Waals surface area (Å²) in [5.74, 6) is -6.07. The van der Waals surface area contributed by atoms with Gasteiger partial charge in [0.25, 0.3) is 0 Å². The Bertz CT molecular complexity index is 475. The van der Waals surface area contributed by atoms with E-state index >= 15 is 0 Å². The van der Waals surface area contributed by atoms with Gasteiger partial charge in [0, 0.05) is 0 Å². The van der Waals surface area contributed by atoms with Crippen LogP contribution in [0.3, 0.4) is 0 Å². The molecule has 0 radical (unpaired) electrons. The maximum Gasteiger partial charge on any atom is 0.458 e. The van der Waals surface area contributed by atoms with Gasteiger partial charge in [0.1, 0.15) is 5.75 Å². The first-order valence-corrected chi connectivity index (χ1v) is 6.51. The fraction of sp³-hybridized carbons (Fsp3) is 0.571. The van der Waals surface area contributed by atoms with Gasteiger partial charge in [0.15, 0.2) is 0 Å². The van der Waals surface area contributed by atoms with Crippen LogP contribution in [0.4, 0.5) is 22.0 Å². The first-order valence-electron chi connectivity index (χ1n) is 6.51. The van der Waals surface area contributed by atoms with Crippen molar-refractivity contribution in [1.82, 2.24) is 0 Å². The summed E-state index contributed by atoms with van der Waals surface area (Å²) >= 11 is 0. The number of hydrogen-bond donors (Lipinski definition) is 1. The summed E-state index contributed by atoms with van der Waals surface area (Å²) in [6.07, 6.45) is -1.22. The second-order valence-corrected chi connectivity index (χ2v) is 5.18. The number of aromatic hydroxyl groups is 1. The van der Waals surface area contributed by atoms with Crippen LogP contribution in [-0.4, -0.2) is 11.3 Å². The maximum absolute atomic E-state index is 13.4. The highest BCUT2D eigenvalue weighted by Crippen LogP contribution is 2.48. The van der Waals surface area contributed by atoms with E-state index in [9.17, 15) is 27.1 Å². The zero-order valence-electron chi connectivity index (χ0n) is 10.7. The summed E-state index contributed by atoms with van der Waals surface area (Å²) in [5, 5.41) is 9.35. The van der Waals surface area contributed by atoms with E-state index in [1.54, 1.807) is 0 Å². The van der Waals surface area contributed by atoms with E-state index < -0.39 is 23.4 Å². The van der Waals surface area contributed by atoms with Gasteiger partial charge in [-0.05, 0) is 36.5 Å². The lowest BCUT2D eigenvalue weighted by atomic mass is 9.83. The summed E-state index contributed by atoms with van der Waals surface area (Å²) in [6, 6.07) is 3.17. The fourth-order valence-electron chi connectivity index (χ4n) is 2.65. The van der Waals surface area contributed by atoms with Crippen LogP contribution < -0.4 is 0 Å². The van der Waals surface area contributed by atoms with Crippen molar-refractivity contribution in [3.8, 4) is 5.75 Å². The Morgan fingerprint density at radius 1 is 0.950 bits per heavy atom. The molecule has 1 fully saturated rings. The number of halogens is 5. The van der Waals surface area contributed by atoms with E-state index in [0.717, 1.165) is 44.2 Å². The van der Waals surface area contributed by atoms with Crippen LogP contribution in [0.2, 0.25) is 0 Å². The van der Waals surface area contributed by atoms with Crippen molar-refractivity contribution in [1.29, 1.82) is 0 Å². The van der Waals surface area contributed by atoms with Crippen molar-refractivity contribution in [2.24, 2.45) is 0 Å². The molecule has 0 unspecified atom stereocenters. The second-order valence-electron chi connectivity index (χ2n) is 5.18. The molecule has 0 amide bonds. The van der Waals surface area contributed by atoms with Crippen molar-refractivity contribution >= 4 is 0 Å². The van der Waals surface area contributed by atoms with Crippen molar-refractivity contribution in [2.75, 3.05) is 0 Å². The van der Waals surface area contributed by atoms with Crippen LogP contribution in [0.5, 0.6) is 5.75 Å². The van der Waals surface area contributed by atoms with Crippen LogP contribution in [-0.2, 0) is 5.92 Å². The highest BCUT2D eigenvalue weighted by molar-refractivity contribution is 5.41. The molecule has 1 aromatic rings. The molecule has 0 spiro atoms. The summed E-state index contributed by atoms with van der Waals surface area (Å²) in [5.41, 5.74) is -0.908. The zero-order valence-corrected chi connectivity index (χ0v) is 10.7. The molecule has 0 saturated heterocycles. The number of hydrogen-bond acceptors (Lipinski definition) is 1. The van der Waals surface area contributed by atoms with Crippen LogP contribution in [0, 0.1) is 0 Å². The van der Waals surface area contributed by atoms with Crippen molar-refractivity contribution in [3.63, 3.8) is 0 Å². The molecule has 20 heavy (non-hydrogen) atoms. The Morgan fingerprint density at radius 2 is 1.55 bits per heavy atom. The van der Waals surface area contributed by atoms with Gasteiger partial charge in [-0.15, -0.1) is 0 Å². The Hall–Kier alpha value is -1.33. The Labute approximate surface area is 113 Å². The van der Waals surface area contributed by atoms with Gasteiger partial charge in [-0.2, -0.15) is 22.0 Å². The standard InChI is InChI=1S/C14H15F5O/c15-13(16,14(17,18)19)11-8-10(6-7-12(11)20)9-4-2-1-3-5-9/h6-9,20H,1-5H2. The predicted molar refractivity (Wildman–Crippen MR) is 63.9 cm³/mol. The normalized spacial score (nSPS) is 18.2. The average molecular weight is 294 g/mol. The molecule has 1 nitrogen and oxygen atoms in total. The molecule has 0 aromatic heterocycles. The molecule has 6 heteroatoms. The molecular formula is C14H15F5O. The summed E-state index contributed by atoms with van der Waals surface area (Å²) in [6.45, 7) is 0. The number of phenolic OH excluding ortho intramolecular Hbond substituents is 1. The summed E-state index contributed by atoms with van der Waals surface area (Å²) in [4.78, 5) is 0. The summed E-state index contributed by atoms with van der Waals surface area (Å²) < 4.78 is 64.0. The van der Waals surface area contributed by atoms with Crippen LogP contribution in [0.25, 0.3) is 0 Å². The number of phenols is 1. The van der Waals surface area contributed by atoms with Gasteiger partial charge in [-0.25, -0.2) is 0 Å². The lowest BCUT2D eigenvalue weighted by molar-refractivity contribution is -0.289. The van der Waals surface area contributed by atoms with Crippen LogP contribution in [0.15, 0.2) is 18.2 Å². The molecule has 1 aliphatic rings. The SMILES string of the molecule is Oc1ccc(C2CCCCC2)cc1C(F)(F)C(F)(F)F. The van der Waals surface area contributed by atoms with Crippen molar-refractivity contribution < 1.29 is 27.1 Å². The van der Waals surface area contributed by atoms with E-state index in [1.807, 2.05) is 0 Å². The number of benzene rings is 1. The Morgan fingerprint density at radius 3 is 2.10 bits per heavy atom. The number of alkyl halides is 5. The molecule has 2 rings (SSSR count). The predicted octanol–water partition coefficient (Wildman–Crippen LogP) is 5.09. The zero-order chi connectivity index (χ0) is 15.0. The maximum atomic E-state index is 13.4. The van der Waals surface area contributed by atoms with Crippen LogP contribution >= 0.6 is 0 Å². The van der Waals surface area contributed by atoms with E-state index in [-0.39, 0.29) is 5.92 Å². The Kier molecular flexibility index (Phi) is 3.93. The third-order valence-corrected chi connectivity index (χ3v) is 3.79. The molecule has 1 aliphatic carbocycles. The highest BCUT2D eigenvalue weighted by atomic mass is 19.4. The molecule has 0 bridgehead atoms. The van der Waals surface area contributed by atoms with E-state index in [2.05, 4.69) is 0 Å². The topological polar surface area (TPSA) is 20.2 Å². The van der Waals surface area contributed by atoms with Gasteiger partial charge in [0.05, 0.1) is 5.56 Å². The minimum Gasteiger partial charge on any atom is -0.507 e. The molecule has 0 aliphatic heterocycles. The molecule has 0 heterocycles. The monoisotopic (exact) mass is 294 g/mol. The third-order valence-electron chi connectivity index (χ3n) is 3.79. The minimum atomic E-state index is -5.71. The number of rotatable bonds is 2. The van der Waals surface area contributed by atoms with Gasteiger partial charge in [0.2, 0.25) is 0 Å². The fourth-order valence-corrected chi connectivity index (χ4v) is 2.65. The van der Waals surface area contributed by atoms with Gasteiger partial charge in [-0.1, -0.05) is 25.3 Å². The smallest absolute Gasteiger partial charge is 0.458 e. The van der Waals surface area contributed by atoms with Crippen molar-refractivity contribution in [3.05, 3.63) is 29.3 Å². The minimum absolute atomic E-state index is 0.00728. The highest BCUT2D eigenvalue weighted by Gasteiger charge is 2.60. The molecular weight excluding hydrogens is 279 g/mol.